The zero-order chi connectivity index (χ0) is 9.19. The predicted molar refractivity (Wildman–Crippen MR) is 46.1 cm³/mol. The fraction of sp³-hybridized carbons (Fsp3) is 0.250. The van der Waals surface area contributed by atoms with E-state index in [-0.39, 0.29) is 6.42 Å². The molecule has 0 N–H and O–H groups in total. The van der Waals surface area contributed by atoms with Crippen LogP contribution in [0.4, 0.5) is 0 Å². The van der Waals surface area contributed by atoms with Gasteiger partial charge < -0.3 is 0 Å². The number of rotatable bonds is 0. The lowest BCUT2D eigenvalue weighted by Gasteiger charge is -2.17. The summed E-state index contributed by atoms with van der Waals surface area (Å²) in [5, 5.41) is 18.2. The van der Waals surface area contributed by atoms with E-state index in [1.165, 1.54) is 12.2 Å². The van der Waals surface area contributed by atoms with Crippen molar-refractivity contribution < 1.29 is 0 Å². The van der Waals surface area contributed by atoms with Gasteiger partial charge in [0.2, 0.25) is 0 Å². The van der Waals surface area contributed by atoms with Crippen molar-refractivity contribution in [2.75, 3.05) is 0 Å². The Morgan fingerprint density at radius 3 is 2.33 bits per heavy atom. The summed E-state index contributed by atoms with van der Waals surface area (Å²) in [5.74, 6) is 0. The van der Waals surface area contributed by atoms with E-state index in [1.807, 2.05) is 12.1 Å². The molecule has 1 aliphatic rings. The lowest BCUT2D eigenvalue weighted by atomic mass is 9.85. The van der Waals surface area contributed by atoms with Gasteiger partial charge in [-0.1, -0.05) is 23.2 Å². The first-order chi connectivity index (χ1) is 5.62. The molecule has 0 saturated carbocycles. The zero-order valence-electron chi connectivity index (χ0n) is 6.01. The minimum Gasteiger partial charge on any atom is -0.196 e. The highest BCUT2D eigenvalue weighted by molar-refractivity contribution is 6.35. The summed E-state index contributed by atoms with van der Waals surface area (Å²) in [6.45, 7) is 0. The number of hydrogen-bond acceptors (Lipinski definition) is 2. The third kappa shape index (κ3) is 1.61. The van der Waals surface area contributed by atoms with Gasteiger partial charge >= 0.3 is 0 Å². The summed E-state index contributed by atoms with van der Waals surface area (Å²) in [5.41, 5.74) is -1.18. The molecule has 60 valence electrons. The maximum Gasteiger partial charge on any atom is 0.168 e. The van der Waals surface area contributed by atoms with Gasteiger partial charge in [0.25, 0.3) is 0 Å². The van der Waals surface area contributed by atoms with Crippen LogP contribution in [-0.2, 0) is 0 Å². The summed E-state index contributed by atoms with van der Waals surface area (Å²) >= 11 is 11.3. The third-order valence-corrected chi connectivity index (χ3v) is 1.99. The molecular formula is C8H4Cl2N2. The van der Waals surface area contributed by atoms with Gasteiger partial charge in [-0.2, -0.15) is 10.5 Å². The van der Waals surface area contributed by atoms with E-state index >= 15 is 0 Å². The molecule has 0 bridgehead atoms. The highest BCUT2D eigenvalue weighted by Crippen LogP contribution is 2.35. The molecule has 0 spiro atoms. The average molecular weight is 199 g/mol. The molecule has 0 aliphatic heterocycles. The van der Waals surface area contributed by atoms with Crippen LogP contribution in [0, 0.1) is 28.1 Å². The molecule has 0 radical (unpaired) electrons. The van der Waals surface area contributed by atoms with E-state index in [4.69, 9.17) is 33.7 Å². The second-order valence-corrected chi connectivity index (χ2v) is 3.41. The highest BCUT2D eigenvalue weighted by Gasteiger charge is 2.31. The topological polar surface area (TPSA) is 47.6 Å². The Labute approximate surface area is 80.3 Å². The molecule has 0 aromatic rings. The van der Waals surface area contributed by atoms with Gasteiger partial charge in [0.05, 0.1) is 12.1 Å². The van der Waals surface area contributed by atoms with Crippen LogP contribution in [0.3, 0.4) is 0 Å². The van der Waals surface area contributed by atoms with E-state index in [0.717, 1.165) is 0 Å². The number of halogens is 2. The van der Waals surface area contributed by atoms with Crippen LogP contribution >= 0.6 is 23.2 Å². The summed E-state index contributed by atoms with van der Waals surface area (Å²) in [7, 11) is 0. The molecular weight excluding hydrogens is 195 g/mol. The van der Waals surface area contributed by atoms with Crippen LogP contribution in [-0.4, -0.2) is 0 Å². The molecule has 0 unspecified atom stereocenters. The SMILES string of the molecule is N#CC1(C#N)C=C(Cl)C=C(Cl)C1. The standard InChI is InChI=1S/C8H4Cl2N2/c9-6-1-7(10)3-8(2-6,4-11)5-12/h1-2H,3H2. The molecule has 1 rings (SSSR count). The number of nitrogens with zero attached hydrogens (tertiary/aromatic N) is 2. The quantitative estimate of drug-likeness (QED) is 0.601. The van der Waals surface area contributed by atoms with Crippen molar-refractivity contribution in [3.8, 4) is 12.1 Å². The number of nitriles is 2. The second kappa shape index (κ2) is 3.19. The third-order valence-electron chi connectivity index (χ3n) is 1.53. The first kappa shape index (κ1) is 9.13. The molecule has 2 nitrogen and oxygen atoms in total. The normalized spacial score (nSPS) is 20.0. The zero-order valence-corrected chi connectivity index (χ0v) is 7.52. The highest BCUT2D eigenvalue weighted by atomic mass is 35.5. The lowest BCUT2D eigenvalue weighted by Crippen LogP contribution is -2.15. The smallest absolute Gasteiger partial charge is 0.168 e. The Kier molecular flexibility index (Phi) is 2.43. The van der Waals surface area contributed by atoms with Crippen LogP contribution < -0.4 is 0 Å². The summed E-state index contributed by atoms with van der Waals surface area (Å²) in [6, 6.07) is 3.76. The van der Waals surface area contributed by atoms with Gasteiger partial charge in [-0.25, -0.2) is 0 Å². The second-order valence-electron chi connectivity index (χ2n) is 2.49. The number of allylic oxidation sites excluding steroid dienone is 4. The van der Waals surface area contributed by atoms with E-state index in [1.54, 1.807) is 0 Å². The molecule has 0 saturated heterocycles. The van der Waals surface area contributed by atoms with E-state index in [9.17, 15) is 0 Å². The van der Waals surface area contributed by atoms with Crippen molar-refractivity contribution in [3.63, 3.8) is 0 Å². The average Bonchev–Trinajstić information content (AvgIpc) is 2.02. The molecule has 0 heterocycles. The van der Waals surface area contributed by atoms with Crippen LogP contribution in [0.15, 0.2) is 22.2 Å². The molecule has 4 heteroatoms. The molecule has 0 fully saturated rings. The van der Waals surface area contributed by atoms with Crippen LogP contribution in [0.5, 0.6) is 0 Å². The van der Waals surface area contributed by atoms with Crippen molar-refractivity contribution in [2.45, 2.75) is 6.42 Å². The van der Waals surface area contributed by atoms with Gasteiger partial charge in [-0.05, 0) is 12.2 Å². The Balaban J connectivity index is 3.11. The van der Waals surface area contributed by atoms with E-state index < -0.39 is 5.41 Å². The van der Waals surface area contributed by atoms with Gasteiger partial charge in [0.1, 0.15) is 0 Å². The van der Waals surface area contributed by atoms with Crippen molar-refractivity contribution in [1.82, 2.24) is 0 Å². The summed E-state index contributed by atoms with van der Waals surface area (Å²) in [4.78, 5) is 0. The summed E-state index contributed by atoms with van der Waals surface area (Å²) < 4.78 is 0. The Morgan fingerprint density at radius 1 is 1.33 bits per heavy atom. The monoisotopic (exact) mass is 198 g/mol. The minimum absolute atomic E-state index is 0.220. The van der Waals surface area contributed by atoms with Crippen LogP contribution in [0.1, 0.15) is 6.42 Å². The van der Waals surface area contributed by atoms with Crippen molar-refractivity contribution in [3.05, 3.63) is 22.2 Å². The van der Waals surface area contributed by atoms with E-state index in [2.05, 4.69) is 0 Å². The Hall–Kier alpha value is -0.960. The first-order valence-corrected chi connectivity index (χ1v) is 3.94. The van der Waals surface area contributed by atoms with Crippen molar-refractivity contribution in [1.29, 1.82) is 10.5 Å². The van der Waals surface area contributed by atoms with Gasteiger partial charge in [-0.15, -0.1) is 0 Å². The molecule has 0 aromatic heterocycles. The predicted octanol–water partition coefficient (Wildman–Crippen LogP) is 2.67. The van der Waals surface area contributed by atoms with E-state index in [0.29, 0.717) is 10.1 Å². The minimum atomic E-state index is -1.18. The number of hydrogen-bond donors (Lipinski definition) is 0. The van der Waals surface area contributed by atoms with Crippen LogP contribution in [0.25, 0.3) is 0 Å². The van der Waals surface area contributed by atoms with Gasteiger partial charge in [0.15, 0.2) is 5.41 Å². The maximum absolute atomic E-state index is 8.72. The lowest BCUT2D eigenvalue weighted by molar-refractivity contribution is 0.659. The fourth-order valence-electron chi connectivity index (χ4n) is 0.964. The van der Waals surface area contributed by atoms with Crippen LogP contribution in [0.2, 0.25) is 0 Å². The van der Waals surface area contributed by atoms with Crippen molar-refractivity contribution in [2.24, 2.45) is 5.41 Å². The molecule has 0 amide bonds. The summed E-state index contributed by atoms with van der Waals surface area (Å²) in [6.07, 6.45) is 3.17. The van der Waals surface area contributed by atoms with Gasteiger partial charge in [-0.3, -0.25) is 0 Å². The molecule has 1 aliphatic carbocycles. The molecule has 12 heavy (non-hydrogen) atoms. The first-order valence-electron chi connectivity index (χ1n) is 3.19. The van der Waals surface area contributed by atoms with Crippen molar-refractivity contribution >= 4 is 23.2 Å². The largest absolute Gasteiger partial charge is 0.196 e. The fourth-order valence-corrected chi connectivity index (χ4v) is 1.67. The maximum atomic E-state index is 8.72. The molecule has 0 atom stereocenters. The van der Waals surface area contributed by atoms with Gasteiger partial charge in [0, 0.05) is 16.5 Å². The Bertz CT molecular complexity index is 327. The Morgan fingerprint density at radius 2 is 1.92 bits per heavy atom. The molecule has 0 aromatic carbocycles.